The van der Waals surface area contributed by atoms with E-state index >= 15 is 0 Å². The van der Waals surface area contributed by atoms with Gasteiger partial charge in [0.15, 0.2) is 0 Å². The Morgan fingerprint density at radius 3 is 2.63 bits per heavy atom. The van der Waals surface area contributed by atoms with E-state index in [1.165, 1.54) is 6.07 Å². The summed E-state index contributed by atoms with van der Waals surface area (Å²) in [7, 11) is 1.82. The standard InChI is InChI=1S/C22H22FN3O/c1-5-7-21-16(6-2)10-15(3)22(27)26(21)14-18-9-8-17(11-20(18)23)19-12-24-25(4)13-19/h5-13H,2,14H2,1,3-4H3. The van der Waals surface area contributed by atoms with Crippen LogP contribution in [0.1, 0.15) is 29.3 Å². The van der Waals surface area contributed by atoms with Crippen molar-refractivity contribution in [1.82, 2.24) is 14.3 Å². The minimum Gasteiger partial charge on any atom is -0.304 e. The SMILES string of the molecule is C=Cc1cc(C)c(=O)n(Cc2ccc(-c3cnn(C)c3)cc2F)c1C=CC. The molecule has 2 aromatic heterocycles. The molecule has 0 radical (unpaired) electrons. The van der Waals surface area contributed by atoms with Gasteiger partial charge < -0.3 is 4.57 Å². The van der Waals surface area contributed by atoms with Crippen LogP contribution in [0.2, 0.25) is 0 Å². The first kappa shape index (κ1) is 18.6. The summed E-state index contributed by atoms with van der Waals surface area (Å²) in [5.41, 5.74) is 4.09. The Labute approximate surface area is 157 Å². The molecule has 2 heterocycles. The van der Waals surface area contributed by atoms with Crippen LogP contribution in [0.4, 0.5) is 4.39 Å². The van der Waals surface area contributed by atoms with Gasteiger partial charge in [0.05, 0.1) is 18.4 Å². The van der Waals surface area contributed by atoms with E-state index < -0.39 is 0 Å². The van der Waals surface area contributed by atoms with E-state index in [1.807, 2.05) is 44.5 Å². The zero-order chi connectivity index (χ0) is 19.6. The topological polar surface area (TPSA) is 39.8 Å². The number of rotatable bonds is 5. The largest absolute Gasteiger partial charge is 0.304 e. The Morgan fingerprint density at radius 1 is 1.26 bits per heavy atom. The molecular formula is C22H22FN3O. The fraction of sp³-hybridized carbons (Fsp3) is 0.182. The Balaban J connectivity index is 2.06. The molecule has 0 aliphatic carbocycles. The number of hydrogen-bond acceptors (Lipinski definition) is 2. The van der Waals surface area contributed by atoms with Gasteiger partial charge in [-0.25, -0.2) is 4.39 Å². The van der Waals surface area contributed by atoms with Crippen LogP contribution < -0.4 is 5.56 Å². The molecule has 0 aliphatic heterocycles. The highest BCUT2D eigenvalue weighted by Crippen LogP contribution is 2.22. The van der Waals surface area contributed by atoms with Crippen LogP contribution in [-0.2, 0) is 13.6 Å². The summed E-state index contributed by atoms with van der Waals surface area (Å²) in [6.07, 6.45) is 8.94. The third-order valence-corrected chi connectivity index (χ3v) is 4.51. The van der Waals surface area contributed by atoms with Gasteiger partial charge in [-0.1, -0.05) is 30.9 Å². The van der Waals surface area contributed by atoms with Gasteiger partial charge in [-0.3, -0.25) is 9.48 Å². The van der Waals surface area contributed by atoms with E-state index in [0.29, 0.717) is 11.1 Å². The monoisotopic (exact) mass is 363 g/mol. The van der Waals surface area contributed by atoms with Gasteiger partial charge in [0, 0.05) is 29.9 Å². The number of hydrogen-bond donors (Lipinski definition) is 0. The van der Waals surface area contributed by atoms with Crippen LogP contribution in [0, 0.1) is 12.7 Å². The third-order valence-electron chi connectivity index (χ3n) is 4.51. The van der Waals surface area contributed by atoms with Crippen molar-refractivity contribution in [3.8, 4) is 11.1 Å². The molecule has 0 saturated heterocycles. The number of allylic oxidation sites excluding steroid dienone is 1. The number of pyridine rings is 1. The van der Waals surface area contributed by atoms with E-state index in [-0.39, 0.29) is 17.9 Å². The molecule has 0 fully saturated rings. The predicted molar refractivity (Wildman–Crippen MR) is 108 cm³/mol. The van der Waals surface area contributed by atoms with E-state index in [1.54, 1.807) is 34.5 Å². The molecule has 3 aromatic rings. The van der Waals surface area contributed by atoms with E-state index in [9.17, 15) is 9.18 Å². The van der Waals surface area contributed by atoms with Crippen molar-refractivity contribution in [2.24, 2.45) is 7.05 Å². The number of aromatic nitrogens is 3. The fourth-order valence-electron chi connectivity index (χ4n) is 3.11. The maximum absolute atomic E-state index is 14.8. The summed E-state index contributed by atoms with van der Waals surface area (Å²) in [6.45, 7) is 7.62. The minimum absolute atomic E-state index is 0.135. The molecule has 0 atom stereocenters. The van der Waals surface area contributed by atoms with Crippen molar-refractivity contribution < 1.29 is 4.39 Å². The van der Waals surface area contributed by atoms with Gasteiger partial charge in [0.1, 0.15) is 5.82 Å². The second-order valence-corrected chi connectivity index (χ2v) is 6.47. The van der Waals surface area contributed by atoms with Crippen molar-refractivity contribution in [1.29, 1.82) is 0 Å². The zero-order valence-electron chi connectivity index (χ0n) is 15.7. The molecule has 0 N–H and O–H groups in total. The first-order valence-corrected chi connectivity index (χ1v) is 8.71. The lowest BCUT2D eigenvalue weighted by molar-refractivity contribution is 0.595. The van der Waals surface area contributed by atoms with Crippen LogP contribution in [-0.4, -0.2) is 14.3 Å². The molecule has 0 aliphatic rings. The molecule has 0 spiro atoms. The summed E-state index contributed by atoms with van der Waals surface area (Å²) < 4.78 is 18.0. The second-order valence-electron chi connectivity index (χ2n) is 6.47. The highest BCUT2D eigenvalue weighted by molar-refractivity contribution is 5.63. The predicted octanol–water partition coefficient (Wildman–Crippen LogP) is 4.42. The number of halogens is 1. The van der Waals surface area contributed by atoms with Gasteiger partial charge in [-0.15, -0.1) is 0 Å². The fourth-order valence-corrected chi connectivity index (χ4v) is 3.11. The van der Waals surface area contributed by atoms with Crippen LogP contribution in [0.5, 0.6) is 0 Å². The van der Waals surface area contributed by atoms with E-state index in [2.05, 4.69) is 11.7 Å². The smallest absolute Gasteiger partial charge is 0.254 e. The summed E-state index contributed by atoms with van der Waals surface area (Å²) in [6, 6.07) is 6.86. The van der Waals surface area contributed by atoms with E-state index in [4.69, 9.17) is 0 Å². The first-order chi connectivity index (χ1) is 12.9. The molecule has 0 unspecified atom stereocenters. The third kappa shape index (κ3) is 3.67. The van der Waals surface area contributed by atoms with Crippen molar-refractivity contribution in [2.45, 2.75) is 20.4 Å². The van der Waals surface area contributed by atoms with Gasteiger partial charge in [0.2, 0.25) is 0 Å². The van der Waals surface area contributed by atoms with E-state index in [0.717, 1.165) is 22.4 Å². The number of nitrogens with zero attached hydrogens (tertiary/aromatic N) is 3. The summed E-state index contributed by atoms with van der Waals surface area (Å²) >= 11 is 0. The molecule has 1 aromatic carbocycles. The zero-order valence-corrected chi connectivity index (χ0v) is 15.7. The van der Waals surface area contributed by atoms with Gasteiger partial charge in [-0.2, -0.15) is 5.10 Å². The minimum atomic E-state index is -0.351. The average molecular weight is 363 g/mol. The maximum Gasteiger partial charge on any atom is 0.254 e. The maximum atomic E-state index is 14.8. The Kier molecular flexibility index (Phi) is 5.21. The molecule has 0 amide bonds. The molecule has 0 bridgehead atoms. The summed E-state index contributed by atoms with van der Waals surface area (Å²) in [5.74, 6) is -0.351. The normalized spacial score (nSPS) is 11.3. The lowest BCUT2D eigenvalue weighted by atomic mass is 10.1. The highest BCUT2D eigenvalue weighted by atomic mass is 19.1. The second kappa shape index (κ2) is 7.58. The molecule has 0 saturated carbocycles. The Hall–Kier alpha value is -3.21. The lowest BCUT2D eigenvalue weighted by Gasteiger charge is -2.15. The average Bonchev–Trinajstić information content (AvgIpc) is 3.08. The van der Waals surface area contributed by atoms with Gasteiger partial charge >= 0.3 is 0 Å². The van der Waals surface area contributed by atoms with Crippen molar-refractivity contribution >= 4 is 12.2 Å². The molecule has 3 rings (SSSR count). The van der Waals surface area contributed by atoms with Crippen LogP contribution in [0.3, 0.4) is 0 Å². The Bertz CT molecular complexity index is 1090. The Morgan fingerprint density at radius 2 is 2.04 bits per heavy atom. The molecule has 138 valence electrons. The van der Waals surface area contributed by atoms with Crippen molar-refractivity contribution in [3.63, 3.8) is 0 Å². The molecular weight excluding hydrogens is 341 g/mol. The molecule has 27 heavy (non-hydrogen) atoms. The van der Waals surface area contributed by atoms with Gasteiger partial charge in [-0.05, 0) is 43.2 Å². The van der Waals surface area contributed by atoms with Crippen LogP contribution >= 0.6 is 0 Å². The number of aryl methyl sites for hydroxylation is 2. The van der Waals surface area contributed by atoms with Gasteiger partial charge in [0.25, 0.3) is 5.56 Å². The van der Waals surface area contributed by atoms with Crippen molar-refractivity contribution in [3.05, 3.63) is 87.9 Å². The summed E-state index contributed by atoms with van der Waals surface area (Å²) in [4.78, 5) is 12.7. The lowest BCUT2D eigenvalue weighted by Crippen LogP contribution is -2.26. The highest BCUT2D eigenvalue weighted by Gasteiger charge is 2.13. The first-order valence-electron chi connectivity index (χ1n) is 8.71. The summed E-state index contributed by atoms with van der Waals surface area (Å²) in [5, 5.41) is 4.12. The van der Waals surface area contributed by atoms with Crippen LogP contribution in [0.25, 0.3) is 23.3 Å². The quantitative estimate of drug-likeness (QED) is 0.673. The van der Waals surface area contributed by atoms with Crippen molar-refractivity contribution in [2.75, 3.05) is 0 Å². The number of benzene rings is 1. The molecule has 5 heteroatoms. The van der Waals surface area contributed by atoms with Crippen LogP contribution in [0.15, 0.2) is 54.1 Å². The molecule has 4 nitrogen and oxygen atoms in total.